The lowest BCUT2D eigenvalue weighted by Crippen LogP contribution is -2.38. The summed E-state index contributed by atoms with van der Waals surface area (Å²) in [7, 11) is 3.58. The average molecular weight is 423 g/mol. The van der Waals surface area contributed by atoms with E-state index >= 15 is 0 Å². The van der Waals surface area contributed by atoms with Crippen LogP contribution < -0.4 is 4.74 Å². The number of rotatable bonds is 6. The maximum Gasteiger partial charge on any atom is 0.240 e. The highest BCUT2D eigenvalue weighted by Crippen LogP contribution is 2.37. The van der Waals surface area contributed by atoms with Crippen molar-refractivity contribution >= 4 is 17.7 Å². The predicted octanol–water partition coefficient (Wildman–Crippen LogP) is 4.34. The monoisotopic (exact) mass is 422 g/mol. The molecule has 1 atom stereocenters. The molecule has 0 saturated carbocycles. The van der Waals surface area contributed by atoms with Gasteiger partial charge in [-0.1, -0.05) is 54.2 Å². The number of thioether (sulfide) groups is 1. The molecule has 1 fully saturated rings. The SMILES string of the molecule is COc1cccc(-c2nnc(S[C@@H](C(=O)N3CCCCC3)c3ccccc3)n2C)c1. The van der Waals surface area contributed by atoms with Crippen molar-refractivity contribution in [3.63, 3.8) is 0 Å². The Labute approximate surface area is 181 Å². The Bertz CT molecular complexity index is 999. The lowest BCUT2D eigenvalue weighted by Gasteiger charge is -2.30. The fraction of sp³-hybridized carbons (Fsp3) is 0.348. The molecule has 156 valence electrons. The maximum absolute atomic E-state index is 13.4. The fourth-order valence-electron chi connectivity index (χ4n) is 3.71. The summed E-state index contributed by atoms with van der Waals surface area (Å²) in [5, 5.41) is 9.17. The summed E-state index contributed by atoms with van der Waals surface area (Å²) in [6.45, 7) is 1.66. The summed E-state index contributed by atoms with van der Waals surface area (Å²) in [5.41, 5.74) is 1.92. The van der Waals surface area contributed by atoms with Gasteiger partial charge in [0.15, 0.2) is 11.0 Å². The molecule has 0 bridgehead atoms. The van der Waals surface area contributed by atoms with E-state index in [1.807, 2.05) is 71.1 Å². The van der Waals surface area contributed by atoms with Crippen LogP contribution in [-0.4, -0.2) is 45.8 Å². The van der Waals surface area contributed by atoms with E-state index < -0.39 is 0 Å². The van der Waals surface area contributed by atoms with Gasteiger partial charge in [-0.2, -0.15) is 0 Å². The van der Waals surface area contributed by atoms with Crippen molar-refractivity contribution in [2.75, 3.05) is 20.2 Å². The summed E-state index contributed by atoms with van der Waals surface area (Å²) < 4.78 is 7.27. The molecule has 0 spiro atoms. The second-order valence-electron chi connectivity index (χ2n) is 7.39. The molecule has 30 heavy (non-hydrogen) atoms. The number of ether oxygens (including phenoxy) is 1. The molecule has 7 heteroatoms. The van der Waals surface area contributed by atoms with Crippen LogP contribution in [0.5, 0.6) is 5.75 Å². The van der Waals surface area contributed by atoms with E-state index in [1.54, 1.807) is 7.11 Å². The maximum atomic E-state index is 13.4. The number of aromatic nitrogens is 3. The molecule has 1 aliphatic rings. The number of piperidine rings is 1. The molecule has 1 aromatic heterocycles. The quantitative estimate of drug-likeness (QED) is 0.553. The van der Waals surface area contributed by atoms with E-state index in [0.29, 0.717) is 5.16 Å². The minimum absolute atomic E-state index is 0.150. The number of carbonyl (C=O) groups excluding carboxylic acids is 1. The van der Waals surface area contributed by atoms with Gasteiger partial charge in [-0.15, -0.1) is 10.2 Å². The fourth-order valence-corrected chi connectivity index (χ4v) is 4.79. The molecule has 0 N–H and O–H groups in total. The third kappa shape index (κ3) is 4.36. The Morgan fingerprint density at radius 1 is 1.03 bits per heavy atom. The molecule has 2 heterocycles. The van der Waals surface area contributed by atoms with Crippen LogP contribution in [0.4, 0.5) is 0 Å². The van der Waals surface area contributed by atoms with Crippen LogP contribution in [-0.2, 0) is 11.8 Å². The normalized spacial score (nSPS) is 15.1. The van der Waals surface area contributed by atoms with Crippen LogP contribution >= 0.6 is 11.8 Å². The molecule has 0 unspecified atom stereocenters. The first-order valence-corrected chi connectivity index (χ1v) is 11.1. The first kappa shape index (κ1) is 20.5. The number of hydrogen-bond acceptors (Lipinski definition) is 5. The van der Waals surface area contributed by atoms with Crippen molar-refractivity contribution in [3.05, 3.63) is 60.2 Å². The van der Waals surface area contributed by atoms with Gasteiger partial charge in [0.2, 0.25) is 5.91 Å². The summed E-state index contributed by atoms with van der Waals surface area (Å²) in [5.74, 6) is 1.66. The third-order valence-corrected chi connectivity index (χ3v) is 6.66. The Kier molecular flexibility index (Phi) is 6.38. The smallest absolute Gasteiger partial charge is 0.240 e. The second kappa shape index (κ2) is 9.34. The van der Waals surface area contributed by atoms with E-state index in [4.69, 9.17) is 4.74 Å². The van der Waals surface area contributed by atoms with Crippen molar-refractivity contribution in [1.29, 1.82) is 0 Å². The van der Waals surface area contributed by atoms with Crippen LogP contribution in [0.25, 0.3) is 11.4 Å². The van der Waals surface area contributed by atoms with Gasteiger partial charge in [-0.3, -0.25) is 4.79 Å². The highest BCUT2D eigenvalue weighted by atomic mass is 32.2. The van der Waals surface area contributed by atoms with Gasteiger partial charge in [0.25, 0.3) is 0 Å². The number of likely N-dealkylation sites (tertiary alicyclic amines) is 1. The Morgan fingerprint density at radius 3 is 2.53 bits per heavy atom. The molecule has 1 saturated heterocycles. The minimum Gasteiger partial charge on any atom is -0.497 e. The van der Waals surface area contributed by atoms with Gasteiger partial charge in [-0.05, 0) is 37.0 Å². The largest absolute Gasteiger partial charge is 0.497 e. The van der Waals surface area contributed by atoms with Gasteiger partial charge >= 0.3 is 0 Å². The highest BCUT2D eigenvalue weighted by molar-refractivity contribution is 8.00. The van der Waals surface area contributed by atoms with Gasteiger partial charge in [0, 0.05) is 25.7 Å². The van der Waals surface area contributed by atoms with Gasteiger partial charge in [-0.25, -0.2) is 0 Å². The molecule has 1 aliphatic heterocycles. The van der Waals surface area contributed by atoms with Crippen LogP contribution in [0.2, 0.25) is 0 Å². The van der Waals surface area contributed by atoms with E-state index in [9.17, 15) is 4.79 Å². The van der Waals surface area contributed by atoms with Crippen molar-refractivity contribution < 1.29 is 9.53 Å². The molecule has 0 aliphatic carbocycles. The predicted molar refractivity (Wildman–Crippen MR) is 118 cm³/mol. The summed E-state index contributed by atoms with van der Waals surface area (Å²) >= 11 is 1.46. The summed E-state index contributed by atoms with van der Waals surface area (Å²) in [4.78, 5) is 15.4. The van der Waals surface area contributed by atoms with Crippen molar-refractivity contribution in [1.82, 2.24) is 19.7 Å². The van der Waals surface area contributed by atoms with E-state index in [-0.39, 0.29) is 11.2 Å². The van der Waals surface area contributed by atoms with Crippen molar-refractivity contribution in [2.45, 2.75) is 29.7 Å². The van der Waals surface area contributed by atoms with Crippen LogP contribution in [0.15, 0.2) is 59.8 Å². The van der Waals surface area contributed by atoms with Crippen molar-refractivity contribution in [3.8, 4) is 17.1 Å². The number of carbonyl (C=O) groups is 1. The minimum atomic E-state index is -0.342. The number of nitrogens with zero attached hydrogens (tertiary/aromatic N) is 4. The van der Waals surface area contributed by atoms with Crippen molar-refractivity contribution in [2.24, 2.45) is 7.05 Å². The van der Waals surface area contributed by atoms with E-state index in [0.717, 1.165) is 48.6 Å². The summed E-state index contributed by atoms with van der Waals surface area (Å²) in [6, 6.07) is 17.7. The Hall–Kier alpha value is -2.80. The second-order valence-corrected chi connectivity index (χ2v) is 8.46. The van der Waals surface area contributed by atoms with Crippen LogP contribution in [0, 0.1) is 0 Å². The lowest BCUT2D eigenvalue weighted by molar-refractivity contribution is -0.131. The number of amides is 1. The first-order chi connectivity index (χ1) is 14.7. The van der Waals surface area contributed by atoms with Gasteiger partial charge < -0.3 is 14.2 Å². The number of benzene rings is 2. The molecule has 3 aromatic rings. The molecule has 0 radical (unpaired) electrons. The molecule has 1 amide bonds. The molecule has 6 nitrogen and oxygen atoms in total. The summed E-state index contributed by atoms with van der Waals surface area (Å²) in [6.07, 6.45) is 3.34. The lowest BCUT2D eigenvalue weighted by atomic mass is 10.1. The standard InChI is InChI=1S/C23H26N4O2S/c1-26-21(18-12-9-13-19(16-18)29-2)24-25-23(26)30-20(17-10-5-3-6-11-17)22(28)27-14-7-4-8-15-27/h3,5-6,9-13,16,20H,4,7-8,14-15H2,1-2H3/t20-/m1/s1. The highest BCUT2D eigenvalue weighted by Gasteiger charge is 2.29. The number of methoxy groups -OCH3 is 1. The van der Waals surface area contributed by atoms with Crippen LogP contribution in [0.1, 0.15) is 30.1 Å². The zero-order chi connectivity index (χ0) is 20.9. The molecular formula is C23H26N4O2S. The zero-order valence-corrected chi connectivity index (χ0v) is 18.1. The Balaban J connectivity index is 1.63. The molecule has 4 rings (SSSR count). The number of hydrogen-bond donors (Lipinski definition) is 0. The van der Waals surface area contributed by atoms with Gasteiger partial charge in [0.1, 0.15) is 11.0 Å². The third-order valence-electron chi connectivity index (χ3n) is 5.38. The van der Waals surface area contributed by atoms with E-state index in [2.05, 4.69) is 10.2 Å². The first-order valence-electron chi connectivity index (χ1n) is 10.2. The zero-order valence-electron chi connectivity index (χ0n) is 17.3. The average Bonchev–Trinajstić information content (AvgIpc) is 3.18. The van der Waals surface area contributed by atoms with Gasteiger partial charge in [0.05, 0.1) is 7.11 Å². The molecular weight excluding hydrogens is 396 g/mol. The molecule has 2 aromatic carbocycles. The Morgan fingerprint density at radius 2 is 1.80 bits per heavy atom. The topological polar surface area (TPSA) is 60.3 Å². The van der Waals surface area contributed by atoms with Crippen LogP contribution in [0.3, 0.4) is 0 Å². The van der Waals surface area contributed by atoms with E-state index in [1.165, 1.54) is 18.2 Å².